The van der Waals surface area contributed by atoms with Crippen molar-refractivity contribution in [3.8, 4) is 10.9 Å². The van der Waals surface area contributed by atoms with Gasteiger partial charge >= 0.3 is 6.36 Å². The largest absolute Gasteiger partial charge is 0.573 e. The number of aromatic nitrogens is 4. The number of ether oxygens (including phenoxy) is 1. The van der Waals surface area contributed by atoms with Gasteiger partial charge in [-0.2, -0.15) is 4.68 Å². The second-order valence-electron chi connectivity index (χ2n) is 8.93. The monoisotopic (exact) mass is 572 g/mol. The number of benzene rings is 1. The Bertz CT molecular complexity index is 1500. The molecule has 1 fully saturated rings. The van der Waals surface area contributed by atoms with Crippen LogP contribution >= 0.6 is 11.3 Å². The van der Waals surface area contributed by atoms with Crippen LogP contribution in [-0.4, -0.2) is 71.6 Å². The highest BCUT2D eigenvalue weighted by Crippen LogP contribution is 2.39. The van der Waals surface area contributed by atoms with E-state index in [1.54, 1.807) is 21.0 Å². The highest BCUT2D eigenvalue weighted by Gasteiger charge is 2.33. The minimum absolute atomic E-state index is 0.147. The van der Waals surface area contributed by atoms with Crippen LogP contribution in [0.25, 0.3) is 5.13 Å². The Morgan fingerprint density at radius 3 is 2.50 bits per heavy atom. The third-order valence-electron chi connectivity index (χ3n) is 5.42. The lowest BCUT2D eigenvalue weighted by Crippen LogP contribution is -2.29. The van der Waals surface area contributed by atoms with E-state index in [1.165, 1.54) is 15.8 Å². The molecule has 2 amide bonds. The van der Waals surface area contributed by atoms with Crippen LogP contribution in [0.15, 0.2) is 29.3 Å². The number of hydrogen-bond donors (Lipinski definition) is 1. The molecule has 204 valence electrons. The summed E-state index contributed by atoms with van der Waals surface area (Å²) in [6.45, 7) is 1.59. The van der Waals surface area contributed by atoms with Crippen molar-refractivity contribution in [2.24, 2.45) is 0 Å². The van der Waals surface area contributed by atoms with Crippen molar-refractivity contribution in [2.45, 2.75) is 43.0 Å². The summed E-state index contributed by atoms with van der Waals surface area (Å²) in [5, 5.41) is 7.47. The van der Waals surface area contributed by atoms with Crippen molar-refractivity contribution >= 4 is 33.0 Å². The number of thiazole rings is 1. The number of rotatable bonds is 8. The van der Waals surface area contributed by atoms with E-state index in [0.29, 0.717) is 21.9 Å². The van der Waals surface area contributed by atoms with E-state index in [-0.39, 0.29) is 23.2 Å². The maximum Gasteiger partial charge on any atom is 0.573 e. The average molecular weight is 573 g/mol. The predicted octanol–water partition coefficient (Wildman–Crippen LogP) is 3.10. The maximum atomic E-state index is 13.0. The van der Waals surface area contributed by atoms with Gasteiger partial charge in [-0.3, -0.25) is 9.59 Å². The van der Waals surface area contributed by atoms with E-state index in [9.17, 15) is 31.2 Å². The Labute approximate surface area is 219 Å². The van der Waals surface area contributed by atoms with Gasteiger partial charge in [0.1, 0.15) is 10.6 Å². The number of hydrogen-bond acceptors (Lipinski definition) is 9. The Balaban J connectivity index is 1.65. The third kappa shape index (κ3) is 6.30. The fraction of sp³-hybridized carbons (Fsp3) is 0.409. The number of amides is 2. The number of carbonyl (C=O) groups is 2. The second kappa shape index (κ2) is 9.98. The zero-order chi connectivity index (χ0) is 28.0. The first kappa shape index (κ1) is 27.5. The lowest BCUT2D eigenvalue weighted by molar-refractivity contribution is -0.274. The van der Waals surface area contributed by atoms with Gasteiger partial charge in [0.05, 0.1) is 17.1 Å². The van der Waals surface area contributed by atoms with Gasteiger partial charge in [0, 0.05) is 31.8 Å². The minimum atomic E-state index is -5.09. The highest BCUT2D eigenvalue weighted by molar-refractivity contribution is 7.90. The maximum absolute atomic E-state index is 13.0. The number of carbonyl (C=O) groups excluding carboxylic acids is 2. The fourth-order valence-corrected chi connectivity index (χ4v) is 4.98. The number of halogens is 3. The van der Waals surface area contributed by atoms with E-state index >= 15 is 0 Å². The summed E-state index contributed by atoms with van der Waals surface area (Å²) in [6.07, 6.45) is -1.09. The number of nitrogens with zero attached hydrogens (tertiary/aromatic N) is 5. The fourth-order valence-electron chi connectivity index (χ4n) is 3.41. The lowest BCUT2D eigenvalue weighted by atomic mass is 10.2. The SMILES string of the molecule is C[C@H](NC(=O)c1cc(OC(F)(F)F)cc(S(C)(=O)=O)c1)c1nc(C2CC2)nn1-c1ncc(C(=O)N(C)C)s1. The third-order valence-corrected chi connectivity index (χ3v) is 7.47. The predicted molar refractivity (Wildman–Crippen MR) is 129 cm³/mol. The van der Waals surface area contributed by atoms with Crippen LogP contribution in [0.3, 0.4) is 0 Å². The van der Waals surface area contributed by atoms with Crippen molar-refractivity contribution in [1.82, 2.24) is 30.0 Å². The van der Waals surface area contributed by atoms with Crippen molar-refractivity contribution in [1.29, 1.82) is 0 Å². The number of nitrogens with one attached hydrogen (secondary N) is 1. The minimum Gasteiger partial charge on any atom is -0.406 e. The molecule has 0 radical (unpaired) electrons. The first-order valence-corrected chi connectivity index (χ1v) is 13.9. The standard InChI is InChI=1S/C22H23F3N6O5S2/c1-11(27-19(32)13-7-14(36-22(23,24)25)9-15(8-13)38(4,34)35)18-28-17(12-5-6-12)29-31(18)21-26-10-16(37-21)20(33)30(2)3/h7-12H,5-6H2,1-4H3,(H,27,32)/t11-/m0/s1. The molecule has 1 atom stereocenters. The molecule has 0 spiro atoms. The van der Waals surface area contributed by atoms with Crippen LogP contribution in [0.5, 0.6) is 5.75 Å². The van der Waals surface area contributed by atoms with Gasteiger partial charge in [-0.25, -0.2) is 18.4 Å². The summed E-state index contributed by atoms with van der Waals surface area (Å²) < 4.78 is 67.7. The van der Waals surface area contributed by atoms with Crippen LogP contribution in [0.1, 0.15) is 63.4 Å². The summed E-state index contributed by atoms with van der Waals surface area (Å²) in [7, 11) is -0.749. The molecule has 38 heavy (non-hydrogen) atoms. The van der Waals surface area contributed by atoms with Gasteiger partial charge in [-0.05, 0) is 38.0 Å². The van der Waals surface area contributed by atoms with Gasteiger partial charge in [-0.15, -0.1) is 18.3 Å². The smallest absolute Gasteiger partial charge is 0.406 e. The highest BCUT2D eigenvalue weighted by atomic mass is 32.2. The molecule has 2 heterocycles. The van der Waals surface area contributed by atoms with Crippen LogP contribution < -0.4 is 10.1 Å². The van der Waals surface area contributed by atoms with Crippen LogP contribution in [-0.2, 0) is 9.84 Å². The Morgan fingerprint density at radius 2 is 1.92 bits per heavy atom. The van der Waals surface area contributed by atoms with Gasteiger partial charge in [-0.1, -0.05) is 11.3 Å². The second-order valence-corrected chi connectivity index (χ2v) is 12.0. The molecule has 16 heteroatoms. The lowest BCUT2D eigenvalue weighted by Gasteiger charge is -2.15. The van der Waals surface area contributed by atoms with Crippen molar-refractivity contribution in [3.05, 3.63) is 46.5 Å². The molecule has 2 aromatic heterocycles. The molecule has 1 saturated carbocycles. The molecule has 4 rings (SSSR count). The first-order valence-electron chi connectivity index (χ1n) is 11.2. The molecule has 1 aromatic carbocycles. The van der Waals surface area contributed by atoms with E-state index in [0.717, 1.165) is 42.6 Å². The van der Waals surface area contributed by atoms with E-state index in [2.05, 4.69) is 25.1 Å². The molecule has 3 aromatic rings. The summed E-state index contributed by atoms with van der Waals surface area (Å²) in [5.41, 5.74) is -0.361. The van der Waals surface area contributed by atoms with Gasteiger partial charge in [0.2, 0.25) is 5.13 Å². The quantitative estimate of drug-likeness (QED) is 0.435. The molecule has 0 bridgehead atoms. The topological polar surface area (TPSA) is 136 Å². The van der Waals surface area contributed by atoms with Gasteiger partial charge in [0.15, 0.2) is 21.5 Å². The Kier molecular flexibility index (Phi) is 7.22. The van der Waals surface area contributed by atoms with Crippen LogP contribution in [0.2, 0.25) is 0 Å². The molecular weight excluding hydrogens is 549 g/mol. The van der Waals surface area contributed by atoms with E-state index in [4.69, 9.17) is 0 Å². The van der Waals surface area contributed by atoms with Crippen LogP contribution in [0, 0.1) is 0 Å². The summed E-state index contributed by atoms with van der Waals surface area (Å²) in [4.78, 5) is 35.4. The average Bonchev–Trinajstić information content (AvgIpc) is 3.36. The van der Waals surface area contributed by atoms with Gasteiger partial charge < -0.3 is 15.0 Å². The molecule has 0 unspecified atom stereocenters. The van der Waals surface area contributed by atoms with Crippen molar-refractivity contribution in [2.75, 3.05) is 20.4 Å². The Morgan fingerprint density at radius 1 is 1.24 bits per heavy atom. The zero-order valence-electron chi connectivity index (χ0n) is 20.6. The van der Waals surface area contributed by atoms with Gasteiger partial charge in [0.25, 0.3) is 11.8 Å². The first-order chi connectivity index (χ1) is 17.6. The van der Waals surface area contributed by atoms with Crippen LogP contribution in [0.4, 0.5) is 13.2 Å². The molecule has 1 N–H and O–H groups in total. The zero-order valence-corrected chi connectivity index (χ0v) is 22.2. The van der Waals surface area contributed by atoms with Crippen molar-refractivity contribution in [3.63, 3.8) is 0 Å². The normalized spacial score (nSPS) is 14.7. The molecule has 0 saturated heterocycles. The molecule has 1 aliphatic carbocycles. The molecular formula is C22H23F3N6O5S2. The molecule has 1 aliphatic rings. The Hall–Kier alpha value is -3.53. The van der Waals surface area contributed by atoms with Crippen molar-refractivity contribution < 1.29 is 35.9 Å². The summed E-state index contributed by atoms with van der Waals surface area (Å²) in [5.74, 6) is -0.990. The van der Waals surface area contributed by atoms with E-state index in [1.807, 2.05) is 0 Å². The number of alkyl halides is 3. The van der Waals surface area contributed by atoms with E-state index < -0.39 is 38.8 Å². The molecule has 0 aliphatic heterocycles. The number of sulfone groups is 1. The molecule has 11 nitrogen and oxygen atoms in total. The summed E-state index contributed by atoms with van der Waals surface area (Å²) >= 11 is 1.08. The summed E-state index contributed by atoms with van der Waals surface area (Å²) in [6, 6.07) is 1.62.